The smallest absolute Gasteiger partial charge is 0.312 e. The van der Waals surface area contributed by atoms with E-state index < -0.39 is 22.9 Å². The minimum absolute atomic E-state index is 0. The van der Waals surface area contributed by atoms with Crippen molar-refractivity contribution < 1.29 is 14.4 Å². The molecule has 1 N–H and O–H groups in total. The molecule has 2 aliphatic rings. The molecule has 1 unspecified atom stereocenters. The van der Waals surface area contributed by atoms with Crippen molar-refractivity contribution in [2.75, 3.05) is 33.2 Å². The van der Waals surface area contributed by atoms with E-state index in [4.69, 9.17) is 23.2 Å². The maximum Gasteiger partial charge on any atom is 0.312 e. The predicted octanol–water partition coefficient (Wildman–Crippen LogP) is 5.63. The van der Waals surface area contributed by atoms with Crippen LogP contribution in [0.1, 0.15) is 42.9 Å². The molecule has 3 aromatic rings. The largest absolute Gasteiger partial charge is 0.347 e. The average Bonchev–Trinajstić information content (AvgIpc) is 3.00. The lowest BCUT2D eigenvalue weighted by Gasteiger charge is -2.50. The summed E-state index contributed by atoms with van der Waals surface area (Å²) in [5.41, 5.74) is 1.69. The number of amides is 3. The summed E-state index contributed by atoms with van der Waals surface area (Å²) < 4.78 is 0. The highest BCUT2D eigenvalue weighted by atomic mass is 35.5. The number of nitrogens with one attached hydrogen (secondary N) is 1. The van der Waals surface area contributed by atoms with Gasteiger partial charge < -0.3 is 20.0 Å². The van der Waals surface area contributed by atoms with E-state index in [0.29, 0.717) is 36.1 Å². The van der Waals surface area contributed by atoms with Crippen LogP contribution in [-0.2, 0) is 32.0 Å². The van der Waals surface area contributed by atoms with Crippen LogP contribution in [0.25, 0.3) is 0 Å². The van der Waals surface area contributed by atoms with Crippen LogP contribution in [0.15, 0.2) is 78.9 Å². The molecule has 2 aliphatic heterocycles. The fourth-order valence-electron chi connectivity index (χ4n) is 6.44. The number of nitrogens with zero attached hydrogens (tertiary/aromatic N) is 3. The van der Waals surface area contributed by atoms with Crippen molar-refractivity contribution in [3.63, 3.8) is 0 Å². The summed E-state index contributed by atoms with van der Waals surface area (Å²) in [6.45, 7) is 4.47. The summed E-state index contributed by atoms with van der Waals surface area (Å²) in [7, 11) is 1.70. The van der Waals surface area contributed by atoms with E-state index in [9.17, 15) is 14.4 Å². The monoisotopic (exact) mass is 642 g/mol. The van der Waals surface area contributed by atoms with Crippen molar-refractivity contribution in [2.45, 2.75) is 43.8 Å². The van der Waals surface area contributed by atoms with E-state index >= 15 is 0 Å². The maximum absolute atomic E-state index is 13.5. The highest BCUT2D eigenvalue weighted by Crippen LogP contribution is 2.40. The van der Waals surface area contributed by atoms with Crippen LogP contribution < -0.4 is 5.32 Å². The van der Waals surface area contributed by atoms with Gasteiger partial charge in [0.15, 0.2) is 0 Å². The summed E-state index contributed by atoms with van der Waals surface area (Å²) in [5.74, 6) is -1.11. The fourth-order valence-corrected chi connectivity index (χ4v) is 6.74. The Kier molecular flexibility index (Phi) is 10.4. The lowest BCUT2D eigenvalue weighted by molar-refractivity contribution is -0.164. The average molecular weight is 644 g/mol. The molecule has 3 aromatic carbocycles. The Morgan fingerprint density at radius 2 is 1.49 bits per heavy atom. The van der Waals surface area contributed by atoms with E-state index in [1.807, 2.05) is 60.7 Å². The van der Waals surface area contributed by atoms with E-state index in [1.54, 1.807) is 29.8 Å². The van der Waals surface area contributed by atoms with E-state index in [-0.39, 0.29) is 18.3 Å². The Morgan fingerprint density at radius 3 is 2.09 bits per heavy atom. The summed E-state index contributed by atoms with van der Waals surface area (Å²) in [4.78, 5) is 44.5. The molecule has 10 heteroatoms. The van der Waals surface area contributed by atoms with Gasteiger partial charge in [-0.1, -0.05) is 89.9 Å². The minimum Gasteiger partial charge on any atom is -0.347 e. The molecule has 5 rings (SSSR count). The van der Waals surface area contributed by atoms with Crippen LogP contribution in [0.5, 0.6) is 0 Å². The molecular weight excluding hydrogens is 607 g/mol. The molecule has 0 spiro atoms. The zero-order valence-corrected chi connectivity index (χ0v) is 26.7. The minimum atomic E-state index is -0.806. The third-order valence-corrected chi connectivity index (χ3v) is 9.57. The number of rotatable bonds is 8. The van der Waals surface area contributed by atoms with Gasteiger partial charge in [0, 0.05) is 46.7 Å². The van der Waals surface area contributed by atoms with Crippen molar-refractivity contribution in [1.82, 2.24) is 20.0 Å². The van der Waals surface area contributed by atoms with Gasteiger partial charge >= 0.3 is 11.8 Å². The molecule has 7 nitrogen and oxygen atoms in total. The van der Waals surface area contributed by atoms with Crippen LogP contribution in [0, 0.1) is 0 Å². The first-order valence-corrected chi connectivity index (χ1v) is 15.0. The third kappa shape index (κ3) is 6.86. The molecule has 2 heterocycles. The van der Waals surface area contributed by atoms with Gasteiger partial charge in [-0.25, -0.2) is 0 Å². The molecule has 1 atom stereocenters. The van der Waals surface area contributed by atoms with Gasteiger partial charge in [-0.2, -0.15) is 0 Å². The Hall–Kier alpha value is -3.10. The highest BCUT2D eigenvalue weighted by Gasteiger charge is 2.49. The Bertz CT molecular complexity index is 1450. The van der Waals surface area contributed by atoms with Crippen LogP contribution >= 0.6 is 35.6 Å². The first-order valence-electron chi connectivity index (χ1n) is 14.3. The lowest BCUT2D eigenvalue weighted by Crippen LogP contribution is -2.64. The molecule has 43 heavy (non-hydrogen) atoms. The van der Waals surface area contributed by atoms with Crippen molar-refractivity contribution in [2.24, 2.45) is 0 Å². The summed E-state index contributed by atoms with van der Waals surface area (Å²) in [5, 5.41) is 4.08. The van der Waals surface area contributed by atoms with E-state index in [0.717, 1.165) is 42.6 Å². The predicted molar refractivity (Wildman–Crippen MR) is 172 cm³/mol. The Balaban J connectivity index is 0.00000423. The standard InChI is InChI=1S/C33H36Cl2N4O3.ClH/c1-24(40)36-32(26-11-7-4-8-12-26)15-18-38(19-16-32)20-17-33(27-13-14-28(34)29(35)21-27)23-39(31(42)30(41)37(33)2)22-25-9-5-3-6-10-25;/h3-14,21H,15-20,22-23H2,1-2H3,(H,36,40);1H. The molecule has 0 bridgehead atoms. The summed E-state index contributed by atoms with van der Waals surface area (Å²) >= 11 is 12.8. The lowest BCUT2D eigenvalue weighted by atomic mass is 9.79. The van der Waals surface area contributed by atoms with Gasteiger partial charge in [0.2, 0.25) is 5.91 Å². The molecule has 2 fully saturated rings. The number of hydrogen-bond donors (Lipinski definition) is 1. The number of benzene rings is 3. The zero-order valence-electron chi connectivity index (χ0n) is 24.4. The molecule has 228 valence electrons. The number of likely N-dealkylation sites (tertiary alicyclic amines) is 1. The molecule has 0 saturated carbocycles. The van der Waals surface area contributed by atoms with Crippen molar-refractivity contribution in [1.29, 1.82) is 0 Å². The molecule has 0 aliphatic carbocycles. The van der Waals surface area contributed by atoms with Crippen LogP contribution in [0.4, 0.5) is 0 Å². The van der Waals surface area contributed by atoms with Gasteiger partial charge in [0.05, 0.1) is 21.1 Å². The number of hydrogen-bond acceptors (Lipinski definition) is 4. The van der Waals surface area contributed by atoms with Crippen molar-refractivity contribution in [3.8, 4) is 0 Å². The molecule has 2 saturated heterocycles. The summed E-state index contributed by atoms with van der Waals surface area (Å²) in [6, 6.07) is 25.3. The topological polar surface area (TPSA) is 73.0 Å². The second kappa shape index (κ2) is 13.7. The number of piperazine rings is 1. The number of carbonyl (C=O) groups excluding carboxylic acids is 3. The van der Waals surface area contributed by atoms with E-state index in [1.165, 1.54) is 0 Å². The first kappa shape index (κ1) is 32.8. The summed E-state index contributed by atoms with van der Waals surface area (Å²) in [6.07, 6.45) is 2.12. The Labute approximate surface area is 269 Å². The van der Waals surface area contributed by atoms with Crippen molar-refractivity contribution >= 4 is 53.3 Å². The number of halogens is 3. The number of piperidine rings is 1. The number of carbonyl (C=O) groups is 3. The third-order valence-electron chi connectivity index (χ3n) is 8.84. The molecular formula is C33H37Cl3N4O3. The van der Waals surface area contributed by atoms with Gasteiger partial charge in [0.1, 0.15) is 0 Å². The quantitative estimate of drug-likeness (QED) is 0.323. The van der Waals surface area contributed by atoms with Gasteiger partial charge in [-0.3, -0.25) is 14.4 Å². The number of likely N-dealkylation sites (N-methyl/N-ethyl adjacent to an activating group) is 1. The second-order valence-corrected chi connectivity index (χ2v) is 12.2. The van der Waals surface area contributed by atoms with Gasteiger partial charge in [-0.15, -0.1) is 12.4 Å². The molecule has 0 radical (unpaired) electrons. The Morgan fingerprint density at radius 1 is 0.860 bits per heavy atom. The van der Waals surface area contributed by atoms with Gasteiger partial charge in [0.25, 0.3) is 0 Å². The van der Waals surface area contributed by atoms with Crippen LogP contribution in [0.2, 0.25) is 10.0 Å². The molecule has 0 aromatic heterocycles. The fraction of sp³-hybridized carbons (Fsp3) is 0.364. The van der Waals surface area contributed by atoms with Crippen molar-refractivity contribution in [3.05, 3.63) is 106 Å². The maximum atomic E-state index is 13.5. The molecule has 3 amide bonds. The van der Waals surface area contributed by atoms with E-state index in [2.05, 4.69) is 22.3 Å². The first-order chi connectivity index (χ1) is 20.1. The van der Waals surface area contributed by atoms with Crippen LogP contribution in [0.3, 0.4) is 0 Å². The SMILES string of the molecule is CC(=O)NC1(c2ccccc2)CCN(CCC2(c3ccc(Cl)c(Cl)c3)CN(Cc3ccccc3)C(=O)C(=O)N2C)CC1.Cl. The highest BCUT2D eigenvalue weighted by molar-refractivity contribution is 6.42. The normalized spacial score (nSPS) is 20.5. The second-order valence-electron chi connectivity index (χ2n) is 11.4. The van der Waals surface area contributed by atoms with Crippen LogP contribution in [-0.4, -0.2) is 65.6 Å². The van der Waals surface area contributed by atoms with Gasteiger partial charge in [-0.05, 0) is 48.1 Å². The zero-order chi connectivity index (χ0) is 29.9.